The van der Waals surface area contributed by atoms with Gasteiger partial charge < -0.3 is 4.74 Å². The van der Waals surface area contributed by atoms with Crippen molar-refractivity contribution in [2.45, 2.75) is 30.4 Å². The second kappa shape index (κ2) is 3.54. The first-order valence-corrected chi connectivity index (χ1v) is 5.91. The van der Waals surface area contributed by atoms with Crippen LogP contribution >= 0.6 is 31.9 Å². The van der Waals surface area contributed by atoms with E-state index < -0.39 is 0 Å². The molecule has 0 aromatic carbocycles. The number of halogens is 2. The van der Waals surface area contributed by atoms with E-state index in [1.165, 1.54) is 0 Å². The van der Waals surface area contributed by atoms with Gasteiger partial charge in [-0.25, -0.2) is 0 Å². The molecule has 0 spiro atoms. The maximum atomic E-state index is 11.2. The molecule has 2 nitrogen and oxygen atoms in total. The molecule has 76 valence electrons. The standard InChI is InChI=1S/C9H14Br2O2/c1-6(2)7(12)13-5-8(3)4-9(8,10)11/h6H,4-5H2,1-3H3. The fourth-order valence-electron chi connectivity index (χ4n) is 1.000. The van der Waals surface area contributed by atoms with Crippen molar-refractivity contribution < 1.29 is 9.53 Å². The fraction of sp³-hybridized carbons (Fsp3) is 0.889. The van der Waals surface area contributed by atoms with E-state index in [9.17, 15) is 4.79 Å². The van der Waals surface area contributed by atoms with E-state index in [0.717, 1.165) is 6.42 Å². The van der Waals surface area contributed by atoms with Crippen LogP contribution in [0.25, 0.3) is 0 Å². The maximum absolute atomic E-state index is 11.2. The third-order valence-electron chi connectivity index (χ3n) is 2.37. The number of alkyl halides is 2. The van der Waals surface area contributed by atoms with Gasteiger partial charge in [0.05, 0.1) is 15.8 Å². The fourth-order valence-corrected chi connectivity index (χ4v) is 2.47. The van der Waals surface area contributed by atoms with Gasteiger partial charge in [0.15, 0.2) is 0 Å². The predicted octanol–water partition coefficient (Wildman–Crippen LogP) is 3.08. The third-order valence-corrected chi connectivity index (χ3v) is 4.85. The van der Waals surface area contributed by atoms with Crippen molar-refractivity contribution in [2.24, 2.45) is 11.3 Å². The molecule has 13 heavy (non-hydrogen) atoms. The SMILES string of the molecule is CC(C)C(=O)OCC1(C)CC1(Br)Br. The van der Waals surface area contributed by atoms with Crippen molar-refractivity contribution in [1.29, 1.82) is 0 Å². The summed E-state index contributed by atoms with van der Waals surface area (Å²) in [6.45, 7) is 6.25. The Kier molecular flexibility index (Phi) is 3.13. The zero-order valence-electron chi connectivity index (χ0n) is 8.06. The number of ether oxygens (including phenoxy) is 1. The van der Waals surface area contributed by atoms with Crippen molar-refractivity contribution in [3.63, 3.8) is 0 Å². The first kappa shape index (κ1) is 11.5. The quantitative estimate of drug-likeness (QED) is 0.591. The summed E-state index contributed by atoms with van der Waals surface area (Å²) in [4.78, 5) is 11.2. The number of rotatable bonds is 3. The number of esters is 1. The monoisotopic (exact) mass is 312 g/mol. The molecule has 1 aliphatic carbocycles. The molecule has 0 heterocycles. The molecule has 0 N–H and O–H groups in total. The first-order chi connectivity index (χ1) is 5.78. The highest BCUT2D eigenvalue weighted by Gasteiger charge is 2.62. The summed E-state index contributed by atoms with van der Waals surface area (Å²) in [6.07, 6.45) is 0.991. The molecule has 0 radical (unpaired) electrons. The molecule has 1 rings (SSSR count). The first-order valence-electron chi connectivity index (χ1n) is 4.33. The van der Waals surface area contributed by atoms with E-state index in [2.05, 4.69) is 38.8 Å². The summed E-state index contributed by atoms with van der Waals surface area (Å²) in [5, 5.41) is 0. The van der Waals surface area contributed by atoms with Gasteiger partial charge >= 0.3 is 5.97 Å². The summed E-state index contributed by atoms with van der Waals surface area (Å²) >= 11 is 7.04. The smallest absolute Gasteiger partial charge is 0.308 e. The number of carbonyl (C=O) groups excluding carboxylic acids is 1. The molecule has 1 fully saturated rings. The van der Waals surface area contributed by atoms with Crippen LogP contribution in [0.1, 0.15) is 27.2 Å². The lowest BCUT2D eigenvalue weighted by atomic mass is 10.1. The average molecular weight is 314 g/mol. The molecule has 0 amide bonds. The Labute approximate surface area is 95.7 Å². The number of hydrogen-bond donors (Lipinski definition) is 0. The van der Waals surface area contributed by atoms with E-state index in [1.807, 2.05) is 13.8 Å². The van der Waals surface area contributed by atoms with Crippen molar-refractivity contribution in [3.8, 4) is 0 Å². The topological polar surface area (TPSA) is 26.3 Å². The van der Waals surface area contributed by atoms with Crippen LogP contribution in [0.15, 0.2) is 0 Å². The highest BCUT2D eigenvalue weighted by atomic mass is 79.9. The summed E-state index contributed by atoms with van der Waals surface area (Å²) in [7, 11) is 0. The molecule has 1 atom stereocenters. The van der Waals surface area contributed by atoms with Crippen LogP contribution in [0, 0.1) is 11.3 Å². The lowest BCUT2D eigenvalue weighted by molar-refractivity contribution is -0.149. The Morgan fingerprint density at radius 3 is 2.31 bits per heavy atom. The molecule has 1 unspecified atom stereocenters. The Hall–Kier alpha value is 0.430. The van der Waals surface area contributed by atoms with Gasteiger partial charge in [-0.1, -0.05) is 52.6 Å². The summed E-state index contributed by atoms with van der Waals surface area (Å²) in [5.41, 5.74) is 0.0531. The second-order valence-electron chi connectivity index (χ2n) is 4.20. The van der Waals surface area contributed by atoms with Gasteiger partial charge in [-0.3, -0.25) is 4.79 Å². The maximum Gasteiger partial charge on any atom is 0.308 e. The molecule has 0 aromatic rings. The molecule has 0 aromatic heterocycles. The van der Waals surface area contributed by atoms with Gasteiger partial charge in [-0.15, -0.1) is 0 Å². The van der Waals surface area contributed by atoms with E-state index in [0.29, 0.717) is 6.61 Å². The van der Waals surface area contributed by atoms with E-state index in [-0.39, 0.29) is 20.5 Å². The summed E-state index contributed by atoms with van der Waals surface area (Å²) in [6, 6.07) is 0. The normalized spacial score (nSPS) is 30.3. The van der Waals surface area contributed by atoms with Crippen LogP contribution in [0.4, 0.5) is 0 Å². The average Bonchev–Trinajstić information content (AvgIpc) is 2.47. The van der Waals surface area contributed by atoms with Crippen LogP contribution < -0.4 is 0 Å². The Morgan fingerprint density at radius 1 is 1.54 bits per heavy atom. The highest BCUT2D eigenvalue weighted by molar-refractivity contribution is 9.25. The van der Waals surface area contributed by atoms with Gasteiger partial charge in [0.1, 0.15) is 0 Å². The molecule has 0 saturated heterocycles. The second-order valence-corrected chi connectivity index (χ2v) is 7.98. The zero-order chi connectivity index (χ0) is 10.3. The minimum Gasteiger partial charge on any atom is -0.465 e. The minimum atomic E-state index is -0.121. The van der Waals surface area contributed by atoms with E-state index in [1.54, 1.807) is 0 Å². The third kappa shape index (κ3) is 2.46. The van der Waals surface area contributed by atoms with Crippen LogP contribution in [0.5, 0.6) is 0 Å². The molecule has 0 aliphatic heterocycles. The zero-order valence-corrected chi connectivity index (χ0v) is 11.2. The van der Waals surface area contributed by atoms with Crippen molar-refractivity contribution in [3.05, 3.63) is 0 Å². The Morgan fingerprint density at radius 2 is 2.00 bits per heavy atom. The Bertz CT molecular complexity index is 226. The van der Waals surface area contributed by atoms with Crippen LogP contribution in [0.2, 0.25) is 0 Å². The Balaban J connectivity index is 2.33. The van der Waals surface area contributed by atoms with Gasteiger partial charge in [0, 0.05) is 5.41 Å². The van der Waals surface area contributed by atoms with Gasteiger partial charge in [-0.05, 0) is 6.42 Å². The largest absolute Gasteiger partial charge is 0.465 e. The van der Waals surface area contributed by atoms with Crippen molar-refractivity contribution in [1.82, 2.24) is 0 Å². The number of carbonyl (C=O) groups is 1. The molecule has 4 heteroatoms. The molecule has 1 saturated carbocycles. The van der Waals surface area contributed by atoms with Gasteiger partial charge in [0.25, 0.3) is 0 Å². The number of hydrogen-bond acceptors (Lipinski definition) is 2. The lowest BCUT2D eigenvalue weighted by Gasteiger charge is -2.13. The van der Waals surface area contributed by atoms with Crippen LogP contribution in [0.3, 0.4) is 0 Å². The summed E-state index contributed by atoms with van der Waals surface area (Å²) < 4.78 is 5.14. The van der Waals surface area contributed by atoms with Crippen LogP contribution in [-0.4, -0.2) is 15.8 Å². The molecular weight excluding hydrogens is 300 g/mol. The van der Waals surface area contributed by atoms with Crippen molar-refractivity contribution in [2.75, 3.05) is 6.61 Å². The minimum absolute atomic E-state index is 0.0236. The van der Waals surface area contributed by atoms with Gasteiger partial charge in [0.2, 0.25) is 0 Å². The molecule has 1 aliphatic rings. The van der Waals surface area contributed by atoms with E-state index >= 15 is 0 Å². The van der Waals surface area contributed by atoms with Gasteiger partial charge in [-0.2, -0.15) is 0 Å². The van der Waals surface area contributed by atoms with E-state index in [4.69, 9.17) is 4.74 Å². The predicted molar refractivity (Wildman–Crippen MR) is 59.1 cm³/mol. The highest BCUT2D eigenvalue weighted by Crippen LogP contribution is 2.66. The molecular formula is C9H14Br2O2. The molecule has 0 bridgehead atoms. The summed E-state index contributed by atoms with van der Waals surface area (Å²) in [5.74, 6) is -0.161. The van der Waals surface area contributed by atoms with Crippen LogP contribution in [-0.2, 0) is 9.53 Å². The lowest BCUT2D eigenvalue weighted by Crippen LogP contribution is -2.19. The van der Waals surface area contributed by atoms with Crippen molar-refractivity contribution >= 4 is 37.8 Å².